The molecular weight excluding hydrogens is 191 g/mol. The van der Waals surface area contributed by atoms with Gasteiger partial charge in [-0.1, -0.05) is 6.07 Å². The maximum absolute atomic E-state index is 14.0. The number of aryl methyl sites for hydroxylation is 1. The molecule has 0 spiro atoms. The Kier molecular flexibility index (Phi) is 2.49. The molecule has 15 heavy (non-hydrogen) atoms. The number of rotatable bonds is 2. The summed E-state index contributed by atoms with van der Waals surface area (Å²) in [6.07, 6.45) is 2.44. The van der Waals surface area contributed by atoms with E-state index >= 15 is 0 Å². The van der Waals surface area contributed by atoms with E-state index in [0.29, 0.717) is 17.4 Å². The van der Waals surface area contributed by atoms with Crippen molar-refractivity contribution in [2.45, 2.75) is 19.4 Å². The SMILES string of the molecule is CC(N)Cc1ccc2c(ccn2C)c1F. The molecule has 2 N–H and O–H groups in total. The van der Waals surface area contributed by atoms with Crippen molar-refractivity contribution in [2.24, 2.45) is 12.8 Å². The maximum Gasteiger partial charge on any atom is 0.135 e. The predicted octanol–water partition coefficient (Wildman–Crippen LogP) is 2.21. The number of hydrogen-bond acceptors (Lipinski definition) is 1. The van der Waals surface area contributed by atoms with Crippen LogP contribution in [0.3, 0.4) is 0 Å². The zero-order valence-electron chi connectivity index (χ0n) is 9.00. The van der Waals surface area contributed by atoms with Gasteiger partial charge in [-0.05, 0) is 31.0 Å². The van der Waals surface area contributed by atoms with Gasteiger partial charge in [0.1, 0.15) is 5.82 Å². The van der Waals surface area contributed by atoms with E-state index in [-0.39, 0.29) is 11.9 Å². The highest BCUT2D eigenvalue weighted by atomic mass is 19.1. The van der Waals surface area contributed by atoms with Crippen LogP contribution in [0.4, 0.5) is 4.39 Å². The number of fused-ring (bicyclic) bond motifs is 1. The van der Waals surface area contributed by atoms with Crippen LogP contribution in [0.1, 0.15) is 12.5 Å². The zero-order chi connectivity index (χ0) is 11.0. The van der Waals surface area contributed by atoms with E-state index < -0.39 is 0 Å². The van der Waals surface area contributed by atoms with Gasteiger partial charge in [-0.3, -0.25) is 0 Å². The Bertz CT molecular complexity index is 486. The molecule has 0 amide bonds. The van der Waals surface area contributed by atoms with Crippen LogP contribution in [0.15, 0.2) is 24.4 Å². The van der Waals surface area contributed by atoms with Gasteiger partial charge in [0.25, 0.3) is 0 Å². The molecule has 1 unspecified atom stereocenters. The largest absolute Gasteiger partial charge is 0.350 e. The van der Waals surface area contributed by atoms with Crippen LogP contribution >= 0.6 is 0 Å². The topological polar surface area (TPSA) is 30.9 Å². The minimum Gasteiger partial charge on any atom is -0.350 e. The van der Waals surface area contributed by atoms with Crippen molar-refractivity contribution >= 4 is 10.9 Å². The third kappa shape index (κ3) is 1.75. The molecular formula is C12H15FN2. The molecule has 2 rings (SSSR count). The van der Waals surface area contributed by atoms with Gasteiger partial charge in [-0.15, -0.1) is 0 Å². The van der Waals surface area contributed by atoms with E-state index in [1.807, 2.05) is 36.9 Å². The fourth-order valence-corrected chi connectivity index (χ4v) is 1.87. The van der Waals surface area contributed by atoms with Gasteiger partial charge in [0, 0.05) is 24.7 Å². The molecule has 0 radical (unpaired) electrons. The first-order valence-electron chi connectivity index (χ1n) is 5.07. The van der Waals surface area contributed by atoms with Crippen LogP contribution in [-0.2, 0) is 13.5 Å². The van der Waals surface area contributed by atoms with Crippen molar-refractivity contribution in [3.8, 4) is 0 Å². The molecule has 0 saturated carbocycles. The monoisotopic (exact) mass is 206 g/mol. The summed E-state index contributed by atoms with van der Waals surface area (Å²) in [5, 5.41) is 0.677. The molecule has 0 aliphatic rings. The fraction of sp³-hybridized carbons (Fsp3) is 0.333. The molecule has 3 heteroatoms. The third-order valence-electron chi connectivity index (χ3n) is 2.62. The van der Waals surface area contributed by atoms with Crippen molar-refractivity contribution in [3.05, 3.63) is 35.8 Å². The number of hydrogen-bond donors (Lipinski definition) is 1. The minimum absolute atomic E-state index is 0.0133. The first kappa shape index (κ1) is 10.2. The van der Waals surface area contributed by atoms with Crippen molar-refractivity contribution < 1.29 is 4.39 Å². The normalized spacial score (nSPS) is 13.3. The number of benzene rings is 1. The van der Waals surface area contributed by atoms with Crippen molar-refractivity contribution in [2.75, 3.05) is 0 Å². The van der Waals surface area contributed by atoms with Gasteiger partial charge in [-0.25, -0.2) is 4.39 Å². The van der Waals surface area contributed by atoms with Gasteiger partial charge in [-0.2, -0.15) is 0 Å². The average Bonchev–Trinajstić information content (AvgIpc) is 2.53. The summed E-state index contributed by atoms with van der Waals surface area (Å²) in [4.78, 5) is 0. The second kappa shape index (κ2) is 3.66. The number of nitrogens with zero attached hydrogens (tertiary/aromatic N) is 1. The molecule has 0 fully saturated rings. The molecule has 2 nitrogen and oxygen atoms in total. The number of aromatic nitrogens is 1. The number of nitrogens with two attached hydrogens (primary N) is 1. The van der Waals surface area contributed by atoms with E-state index in [1.54, 1.807) is 6.07 Å². The first-order chi connectivity index (χ1) is 7.09. The summed E-state index contributed by atoms with van der Waals surface area (Å²) < 4.78 is 15.9. The second-order valence-corrected chi connectivity index (χ2v) is 4.08. The van der Waals surface area contributed by atoms with Crippen LogP contribution in [0, 0.1) is 5.82 Å². The Morgan fingerprint density at radius 1 is 1.40 bits per heavy atom. The molecule has 0 aliphatic carbocycles. The lowest BCUT2D eigenvalue weighted by molar-refractivity contribution is 0.607. The van der Waals surface area contributed by atoms with Crippen LogP contribution in [0.25, 0.3) is 10.9 Å². The van der Waals surface area contributed by atoms with E-state index in [9.17, 15) is 4.39 Å². The van der Waals surface area contributed by atoms with E-state index in [4.69, 9.17) is 5.73 Å². The molecule has 1 aromatic carbocycles. The molecule has 2 aromatic rings. The lowest BCUT2D eigenvalue weighted by atomic mass is 10.0. The smallest absolute Gasteiger partial charge is 0.135 e. The van der Waals surface area contributed by atoms with E-state index in [0.717, 1.165) is 5.52 Å². The summed E-state index contributed by atoms with van der Waals surface area (Å²) in [7, 11) is 1.91. The summed E-state index contributed by atoms with van der Waals surface area (Å²) in [5.41, 5.74) is 7.29. The predicted molar refractivity (Wildman–Crippen MR) is 60.2 cm³/mol. The van der Waals surface area contributed by atoms with Gasteiger partial charge in [0.2, 0.25) is 0 Å². The van der Waals surface area contributed by atoms with Gasteiger partial charge in [0.05, 0.1) is 5.52 Å². The lowest BCUT2D eigenvalue weighted by Crippen LogP contribution is -2.18. The second-order valence-electron chi connectivity index (χ2n) is 4.08. The molecule has 1 heterocycles. The molecule has 1 atom stereocenters. The van der Waals surface area contributed by atoms with Gasteiger partial charge >= 0.3 is 0 Å². The molecule has 0 bridgehead atoms. The fourth-order valence-electron chi connectivity index (χ4n) is 1.87. The maximum atomic E-state index is 14.0. The Hall–Kier alpha value is -1.35. The summed E-state index contributed by atoms with van der Waals surface area (Å²) in [6.45, 7) is 1.88. The average molecular weight is 206 g/mol. The van der Waals surface area contributed by atoms with Crippen LogP contribution < -0.4 is 5.73 Å². The summed E-state index contributed by atoms with van der Waals surface area (Å²) >= 11 is 0. The Balaban J connectivity index is 2.55. The highest BCUT2D eigenvalue weighted by Gasteiger charge is 2.10. The van der Waals surface area contributed by atoms with Crippen molar-refractivity contribution in [1.82, 2.24) is 4.57 Å². The van der Waals surface area contributed by atoms with E-state index in [2.05, 4.69) is 0 Å². The van der Waals surface area contributed by atoms with Crippen molar-refractivity contribution in [3.63, 3.8) is 0 Å². The summed E-state index contributed by atoms with van der Waals surface area (Å²) in [6, 6.07) is 5.55. The van der Waals surface area contributed by atoms with Crippen molar-refractivity contribution in [1.29, 1.82) is 0 Å². The van der Waals surface area contributed by atoms with Gasteiger partial charge in [0.15, 0.2) is 0 Å². The Morgan fingerprint density at radius 2 is 2.13 bits per heavy atom. The third-order valence-corrected chi connectivity index (χ3v) is 2.62. The molecule has 0 aliphatic heterocycles. The molecule has 1 aromatic heterocycles. The Morgan fingerprint density at radius 3 is 2.80 bits per heavy atom. The minimum atomic E-state index is -0.134. The standard InChI is InChI=1S/C12H15FN2/c1-8(14)7-9-3-4-11-10(12(9)13)5-6-15(11)2/h3-6,8H,7,14H2,1-2H3. The van der Waals surface area contributed by atoms with Crippen LogP contribution in [0.2, 0.25) is 0 Å². The highest BCUT2D eigenvalue weighted by Crippen LogP contribution is 2.22. The quantitative estimate of drug-likeness (QED) is 0.802. The first-order valence-corrected chi connectivity index (χ1v) is 5.07. The van der Waals surface area contributed by atoms with E-state index in [1.165, 1.54) is 0 Å². The zero-order valence-corrected chi connectivity index (χ0v) is 9.00. The molecule has 80 valence electrons. The summed E-state index contributed by atoms with van der Waals surface area (Å²) in [5.74, 6) is -0.134. The van der Waals surface area contributed by atoms with Crippen LogP contribution in [-0.4, -0.2) is 10.6 Å². The highest BCUT2D eigenvalue weighted by molar-refractivity contribution is 5.81. The van der Waals surface area contributed by atoms with Gasteiger partial charge < -0.3 is 10.3 Å². The lowest BCUT2D eigenvalue weighted by Gasteiger charge is -2.07. The van der Waals surface area contributed by atoms with Crippen LogP contribution in [0.5, 0.6) is 0 Å². The number of halogens is 1. The molecule has 0 saturated heterocycles. The Labute approximate surface area is 88.5 Å².